The lowest BCUT2D eigenvalue weighted by Gasteiger charge is -2.20. The SMILES string of the molecule is CC(CO)N1CCCC1. The molecule has 0 spiro atoms. The van der Waals surface area contributed by atoms with E-state index in [2.05, 4.69) is 11.8 Å². The molecule has 1 N–H and O–H groups in total. The molecule has 1 unspecified atom stereocenters. The molecule has 0 aliphatic carbocycles. The Hall–Kier alpha value is -0.0800. The Morgan fingerprint density at radius 2 is 2.00 bits per heavy atom. The van der Waals surface area contributed by atoms with Gasteiger partial charge in [-0.3, -0.25) is 4.90 Å². The number of likely N-dealkylation sites (tertiary alicyclic amines) is 1. The average Bonchev–Trinajstić information content (AvgIpc) is 2.37. The lowest BCUT2D eigenvalue weighted by molar-refractivity contribution is 0.158. The zero-order chi connectivity index (χ0) is 6.69. The van der Waals surface area contributed by atoms with E-state index in [1.165, 1.54) is 25.9 Å². The molecule has 1 aliphatic rings. The van der Waals surface area contributed by atoms with E-state index < -0.39 is 0 Å². The average molecular weight is 129 g/mol. The van der Waals surface area contributed by atoms with Gasteiger partial charge in [0, 0.05) is 6.04 Å². The maximum absolute atomic E-state index is 8.75. The molecule has 2 nitrogen and oxygen atoms in total. The highest BCUT2D eigenvalue weighted by Crippen LogP contribution is 2.10. The first-order valence-corrected chi connectivity index (χ1v) is 3.69. The van der Waals surface area contributed by atoms with Crippen molar-refractivity contribution in [3.05, 3.63) is 0 Å². The second-order valence-electron chi connectivity index (χ2n) is 2.77. The number of hydrogen-bond acceptors (Lipinski definition) is 2. The van der Waals surface area contributed by atoms with Crippen LogP contribution in [0.3, 0.4) is 0 Å². The highest BCUT2D eigenvalue weighted by molar-refractivity contribution is 4.71. The van der Waals surface area contributed by atoms with Crippen molar-refractivity contribution in [1.82, 2.24) is 4.90 Å². The van der Waals surface area contributed by atoms with Crippen molar-refractivity contribution < 1.29 is 5.11 Å². The Kier molecular flexibility index (Phi) is 2.49. The van der Waals surface area contributed by atoms with Crippen molar-refractivity contribution in [3.63, 3.8) is 0 Å². The third kappa shape index (κ3) is 1.66. The van der Waals surface area contributed by atoms with Gasteiger partial charge in [-0.2, -0.15) is 0 Å². The second-order valence-corrected chi connectivity index (χ2v) is 2.77. The van der Waals surface area contributed by atoms with Crippen molar-refractivity contribution in [3.8, 4) is 0 Å². The van der Waals surface area contributed by atoms with E-state index in [0.29, 0.717) is 12.6 Å². The van der Waals surface area contributed by atoms with Crippen LogP contribution in [0.25, 0.3) is 0 Å². The molecule has 0 aromatic carbocycles. The van der Waals surface area contributed by atoms with Crippen LogP contribution in [0, 0.1) is 0 Å². The molecular weight excluding hydrogens is 114 g/mol. The van der Waals surface area contributed by atoms with Gasteiger partial charge in [0.25, 0.3) is 0 Å². The van der Waals surface area contributed by atoms with Gasteiger partial charge in [0.05, 0.1) is 6.61 Å². The van der Waals surface area contributed by atoms with E-state index >= 15 is 0 Å². The van der Waals surface area contributed by atoms with Gasteiger partial charge in [-0.1, -0.05) is 0 Å². The smallest absolute Gasteiger partial charge is 0.0584 e. The maximum atomic E-state index is 8.75. The van der Waals surface area contributed by atoms with Gasteiger partial charge in [-0.05, 0) is 32.9 Å². The number of nitrogens with zero attached hydrogens (tertiary/aromatic N) is 1. The minimum Gasteiger partial charge on any atom is -0.395 e. The van der Waals surface area contributed by atoms with Crippen LogP contribution >= 0.6 is 0 Å². The summed E-state index contributed by atoms with van der Waals surface area (Å²) in [5, 5.41) is 8.75. The van der Waals surface area contributed by atoms with E-state index in [0.717, 1.165) is 0 Å². The molecule has 0 bridgehead atoms. The number of rotatable bonds is 2. The summed E-state index contributed by atoms with van der Waals surface area (Å²) in [7, 11) is 0. The summed E-state index contributed by atoms with van der Waals surface area (Å²) >= 11 is 0. The predicted molar refractivity (Wildman–Crippen MR) is 37.4 cm³/mol. The Bertz CT molecular complexity index is 79.0. The Labute approximate surface area is 56.5 Å². The van der Waals surface area contributed by atoms with Crippen molar-refractivity contribution in [2.45, 2.75) is 25.8 Å². The topological polar surface area (TPSA) is 23.5 Å². The summed E-state index contributed by atoms with van der Waals surface area (Å²) in [5.74, 6) is 0. The first kappa shape index (κ1) is 7.03. The predicted octanol–water partition coefficient (Wildman–Crippen LogP) is 0.463. The summed E-state index contributed by atoms with van der Waals surface area (Å²) in [4.78, 5) is 2.33. The van der Waals surface area contributed by atoms with Crippen LogP contribution in [-0.4, -0.2) is 35.7 Å². The molecule has 1 aliphatic heterocycles. The van der Waals surface area contributed by atoms with Crippen molar-refractivity contribution in [2.75, 3.05) is 19.7 Å². The summed E-state index contributed by atoms with van der Waals surface area (Å²) < 4.78 is 0. The number of aliphatic hydroxyl groups is 1. The first-order valence-electron chi connectivity index (χ1n) is 3.69. The highest BCUT2D eigenvalue weighted by Gasteiger charge is 2.16. The largest absolute Gasteiger partial charge is 0.395 e. The first-order chi connectivity index (χ1) is 4.34. The quantitative estimate of drug-likeness (QED) is 0.585. The van der Waals surface area contributed by atoms with Gasteiger partial charge in [-0.15, -0.1) is 0 Å². The summed E-state index contributed by atoms with van der Waals surface area (Å²) in [6.07, 6.45) is 2.62. The Balaban J connectivity index is 2.24. The van der Waals surface area contributed by atoms with Crippen LogP contribution < -0.4 is 0 Å². The molecule has 1 rings (SSSR count). The van der Waals surface area contributed by atoms with E-state index in [-0.39, 0.29) is 0 Å². The molecule has 1 fully saturated rings. The lowest BCUT2D eigenvalue weighted by atomic mass is 10.3. The molecule has 1 atom stereocenters. The molecule has 0 aromatic heterocycles. The minimum absolute atomic E-state index is 0.306. The zero-order valence-corrected chi connectivity index (χ0v) is 6.01. The fraction of sp³-hybridized carbons (Fsp3) is 1.00. The molecule has 0 amide bonds. The monoisotopic (exact) mass is 129 g/mol. The van der Waals surface area contributed by atoms with E-state index in [1.807, 2.05) is 0 Å². The van der Waals surface area contributed by atoms with E-state index in [1.54, 1.807) is 0 Å². The third-order valence-electron chi connectivity index (χ3n) is 2.03. The molecular formula is C7H15NO. The van der Waals surface area contributed by atoms with Crippen LogP contribution in [0.5, 0.6) is 0 Å². The van der Waals surface area contributed by atoms with Crippen molar-refractivity contribution >= 4 is 0 Å². The fourth-order valence-corrected chi connectivity index (χ4v) is 1.30. The van der Waals surface area contributed by atoms with E-state index in [4.69, 9.17) is 5.11 Å². The molecule has 0 saturated carbocycles. The molecule has 0 aromatic rings. The van der Waals surface area contributed by atoms with Crippen LogP contribution in [0.4, 0.5) is 0 Å². The molecule has 1 heterocycles. The maximum Gasteiger partial charge on any atom is 0.0584 e. The minimum atomic E-state index is 0.306. The summed E-state index contributed by atoms with van der Waals surface area (Å²) in [6, 6.07) is 0.382. The molecule has 0 radical (unpaired) electrons. The number of aliphatic hydroxyl groups excluding tert-OH is 1. The molecule has 9 heavy (non-hydrogen) atoms. The fourth-order valence-electron chi connectivity index (χ4n) is 1.30. The summed E-state index contributed by atoms with van der Waals surface area (Å²) in [5.41, 5.74) is 0. The van der Waals surface area contributed by atoms with Gasteiger partial charge < -0.3 is 5.11 Å². The second kappa shape index (κ2) is 3.18. The standard InChI is InChI=1S/C7H15NO/c1-7(6-9)8-4-2-3-5-8/h7,9H,2-6H2,1H3. The van der Waals surface area contributed by atoms with Crippen LogP contribution in [0.2, 0.25) is 0 Å². The van der Waals surface area contributed by atoms with Crippen LogP contribution in [-0.2, 0) is 0 Å². The van der Waals surface area contributed by atoms with Crippen LogP contribution in [0.1, 0.15) is 19.8 Å². The van der Waals surface area contributed by atoms with E-state index in [9.17, 15) is 0 Å². The van der Waals surface area contributed by atoms with Gasteiger partial charge in [0.1, 0.15) is 0 Å². The number of hydrogen-bond donors (Lipinski definition) is 1. The van der Waals surface area contributed by atoms with Gasteiger partial charge in [0.15, 0.2) is 0 Å². The van der Waals surface area contributed by atoms with Crippen molar-refractivity contribution in [1.29, 1.82) is 0 Å². The third-order valence-corrected chi connectivity index (χ3v) is 2.03. The molecule has 2 heteroatoms. The Morgan fingerprint density at radius 1 is 1.44 bits per heavy atom. The normalized spacial score (nSPS) is 24.7. The van der Waals surface area contributed by atoms with Gasteiger partial charge >= 0.3 is 0 Å². The highest BCUT2D eigenvalue weighted by atomic mass is 16.3. The Morgan fingerprint density at radius 3 is 2.44 bits per heavy atom. The lowest BCUT2D eigenvalue weighted by Crippen LogP contribution is -2.32. The van der Waals surface area contributed by atoms with Crippen LogP contribution in [0.15, 0.2) is 0 Å². The van der Waals surface area contributed by atoms with Gasteiger partial charge in [0.2, 0.25) is 0 Å². The van der Waals surface area contributed by atoms with Crippen molar-refractivity contribution in [2.24, 2.45) is 0 Å². The van der Waals surface area contributed by atoms with Gasteiger partial charge in [-0.25, -0.2) is 0 Å². The molecule has 54 valence electrons. The summed E-state index contributed by atoms with van der Waals surface area (Å²) in [6.45, 7) is 4.74. The zero-order valence-electron chi connectivity index (χ0n) is 6.01. The molecule has 1 saturated heterocycles.